The summed E-state index contributed by atoms with van der Waals surface area (Å²) in [6.07, 6.45) is 0. The summed E-state index contributed by atoms with van der Waals surface area (Å²) >= 11 is 11.8. The Hall–Kier alpha value is -0.900. The average Bonchev–Trinajstić information content (AvgIpc) is 2.41. The molecular weight excluding hydrogens is 318 g/mol. The highest BCUT2D eigenvalue weighted by Gasteiger charge is 2.15. The molecule has 0 heterocycles. The topological polar surface area (TPSA) is 17.1 Å². The van der Waals surface area contributed by atoms with Crippen molar-refractivity contribution in [3.8, 4) is 0 Å². The largest absolute Gasteiger partial charge is 0.259 e. The first kappa shape index (κ1) is 15.5. The van der Waals surface area contributed by atoms with Crippen LogP contribution in [0.1, 0.15) is 23.3 Å². The molecule has 0 saturated heterocycles. The summed E-state index contributed by atoms with van der Waals surface area (Å²) < 4.78 is 25.4. The van der Waals surface area contributed by atoms with E-state index in [1.165, 1.54) is 12.1 Å². The van der Waals surface area contributed by atoms with Gasteiger partial charge in [-0.05, 0) is 42.3 Å². The lowest BCUT2D eigenvalue weighted by Crippen LogP contribution is -2.05. The second kappa shape index (κ2) is 6.70. The van der Waals surface area contributed by atoms with Crippen molar-refractivity contribution in [1.29, 1.82) is 0 Å². The van der Waals surface area contributed by atoms with Gasteiger partial charge < -0.3 is 0 Å². The predicted molar refractivity (Wildman–Crippen MR) is 83.1 cm³/mol. The fourth-order valence-corrected chi connectivity index (χ4v) is 3.35. The molecule has 20 heavy (non-hydrogen) atoms. The second-order valence-electron chi connectivity index (χ2n) is 4.47. The van der Waals surface area contributed by atoms with Crippen LogP contribution in [0.15, 0.2) is 42.5 Å². The van der Waals surface area contributed by atoms with Gasteiger partial charge in [0.1, 0.15) is 5.82 Å². The molecule has 0 spiro atoms. The number of hydrogen-bond acceptors (Lipinski definition) is 1. The van der Waals surface area contributed by atoms with Gasteiger partial charge >= 0.3 is 0 Å². The minimum atomic E-state index is -1.16. The van der Waals surface area contributed by atoms with Crippen molar-refractivity contribution in [3.05, 3.63) is 69.5 Å². The van der Waals surface area contributed by atoms with Crippen molar-refractivity contribution >= 4 is 34.0 Å². The van der Waals surface area contributed by atoms with Crippen molar-refractivity contribution in [2.75, 3.05) is 0 Å². The molecular formula is C15H13Cl2FOS. The molecule has 0 unspecified atom stereocenters. The van der Waals surface area contributed by atoms with Crippen molar-refractivity contribution in [1.82, 2.24) is 0 Å². The summed E-state index contributed by atoms with van der Waals surface area (Å²) in [4.78, 5) is 0. The monoisotopic (exact) mass is 330 g/mol. The predicted octanol–water partition coefficient (Wildman–Crippen LogP) is 5.14. The molecule has 0 N–H and O–H groups in total. The summed E-state index contributed by atoms with van der Waals surface area (Å²) in [6, 6.07) is 11.4. The van der Waals surface area contributed by atoms with Crippen LogP contribution in [-0.2, 0) is 16.6 Å². The standard InChI is InChI=1S/C15H13Cl2FOS/c1-10(12-5-6-14(16)15(17)8-12)20(19)9-11-3-2-4-13(18)7-11/h2-8,10H,9H2,1H3/t10-,20+/m1/s1. The van der Waals surface area contributed by atoms with Crippen molar-refractivity contribution in [2.24, 2.45) is 0 Å². The molecule has 0 aliphatic rings. The van der Waals surface area contributed by atoms with E-state index in [1.54, 1.807) is 24.3 Å². The van der Waals surface area contributed by atoms with Gasteiger partial charge in [-0.3, -0.25) is 4.21 Å². The Balaban J connectivity index is 2.14. The third-order valence-corrected chi connectivity index (χ3v) is 5.42. The van der Waals surface area contributed by atoms with Crippen LogP contribution in [0, 0.1) is 5.82 Å². The molecule has 0 saturated carbocycles. The van der Waals surface area contributed by atoms with Gasteiger partial charge in [-0.1, -0.05) is 41.4 Å². The van der Waals surface area contributed by atoms with Gasteiger partial charge in [0.15, 0.2) is 0 Å². The Bertz CT molecular complexity index is 646. The Morgan fingerprint density at radius 3 is 2.55 bits per heavy atom. The maximum absolute atomic E-state index is 13.1. The zero-order valence-corrected chi connectivity index (χ0v) is 13.1. The molecule has 2 atom stereocenters. The van der Waals surface area contributed by atoms with Gasteiger partial charge in [0.25, 0.3) is 0 Å². The Labute approximate surface area is 130 Å². The molecule has 1 nitrogen and oxygen atoms in total. The lowest BCUT2D eigenvalue weighted by Gasteiger charge is -2.13. The number of benzene rings is 2. The molecule has 0 amide bonds. The zero-order chi connectivity index (χ0) is 14.7. The number of halogens is 3. The number of rotatable bonds is 4. The lowest BCUT2D eigenvalue weighted by atomic mass is 10.2. The highest BCUT2D eigenvalue weighted by atomic mass is 35.5. The number of hydrogen-bond donors (Lipinski definition) is 0. The molecule has 0 radical (unpaired) electrons. The first-order valence-electron chi connectivity index (χ1n) is 6.04. The molecule has 2 rings (SSSR count). The first-order chi connectivity index (χ1) is 9.47. The molecule has 2 aromatic rings. The van der Waals surface area contributed by atoms with Crippen LogP contribution in [0.2, 0.25) is 10.0 Å². The zero-order valence-electron chi connectivity index (χ0n) is 10.8. The lowest BCUT2D eigenvalue weighted by molar-refractivity contribution is 0.626. The first-order valence-corrected chi connectivity index (χ1v) is 8.17. The minimum Gasteiger partial charge on any atom is -0.259 e. The fraction of sp³-hybridized carbons (Fsp3) is 0.200. The maximum Gasteiger partial charge on any atom is 0.123 e. The summed E-state index contributed by atoms with van der Waals surface area (Å²) in [5, 5.41) is 0.713. The fourth-order valence-electron chi connectivity index (χ4n) is 1.83. The van der Waals surface area contributed by atoms with Crippen LogP contribution in [0.4, 0.5) is 4.39 Å². The van der Waals surface area contributed by atoms with Crippen molar-refractivity contribution in [3.63, 3.8) is 0 Å². The summed E-state index contributed by atoms with van der Waals surface area (Å²) in [5.74, 6) is -0.0131. The van der Waals surface area contributed by atoms with E-state index in [0.717, 1.165) is 11.1 Å². The van der Waals surface area contributed by atoms with Gasteiger partial charge in [0, 0.05) is 16.6 Å². The van der Waals surface area contributed by atoms with Gasteiger partial charge in [-0.2, -0.15) is 0 Å². The van der Waals surface area contributed by atoms with Gasteiger partial charge in [0.05, 0.1) is 15.3 Å². The highest BCUT2D eigenvalue weighted by Crippen LogP contribution is 2.28. The Kier molecular flexibility index (Phi) is 5.19. The molecule has 0 bridgehead atoms. The SMILES string of the molecule is C[C@H](c1ccc(Cl)c(Cl)c1)[S@@](=O)Cc1cccc(F)c1. The summed E-state index contributed by atoms with van der Waals surface area (Å²) in [6.45, 7) is 1.86. The summed E-state index contributed by atoms with van der Waals surface area (Å²) in [5.41, 5.74) is 1.57. The normalized spacial score (nSPS) is 14.0. The maximum atomic E-state index is 13.1. The highest BCUT2D eigenvalue weighted by molar-refractivity contribution is 7.84. The molecule has 0 aliphatic carbocycles. The van der Waals surface area contributed by atoms with Crippen LogP contribution in [-0.4, -0.2) is 4.21 Å². The summed E-state index contributed by atoms with van der Waals surface area (Å²) in [7, 11) is -1.16. The van der Waals surface area contributed by atoms with E-state index in [-0.39, 0.29) is 11.1 Å². The van der Waals surface area contributed by atoms with Gasteiger partial charge in [-0.15, -0.1) is 0 Å². The van der Waals surface area contributed by atoms with E-state index in [9.17, 15) is 8.60 Å². The smallest absolute Gasteiger partial charge is 0.123 e. The van der Waals surface area contributed by atoms with E-state index in [1.807, 2.05) is 13.0 Å². The van der Waals surface area contributed by atoms with Crippen LogP contribution in [0.5, 0.6) is 0 Å². The van der Waals surface area contributed by atoms with Crippen molar-refractivity contribution in [2.45, 2.75) is 17.9 Å². The molecule has 106 valence electrons. The van der Waals surface area contributed by atoms with Crippen molar-refractivity contribution < 1.29 is 8.60 Å². The molecule has 0 fully saturated rings. The second-order valence-corrected chi connectivity index (χ2v) is 7.04. The molecule has 0 aliphatic heterocycles. The van der Waals surface area contributed by atoms with E-state index >= 15 is 0 Å². The average molecular weight is 331 g/mol. The quantitative estimate of drug-likeness (QED) is 0.758. The van der Waals surface area contributed by atoms with Gasteiger partial charge in [0.2, 0.25) is 0 Å². The van der Waals surface area contributed by atoms with E-state index < -0.39 is 10.8 Å². The van der Waals surface area contributed by atoms with Crippen LogP contribution < -0.4 is 0 Å². The minimum absolute atomic E-state index is 0.201. The third kappa shape index (κ3) is 3.81. The van der Waals surface area contributed by atoms with E-state index in [4.69, 9.17) is 23.2 Å². The third-order valence-electron chi connectivity index (χ3n) is 3.01. The molecule has 5 heteroatoms. The molecule has 0 aromatic heterocycles. The van der Waals surface area contributed by atoms with Gasteiger partial charge in [-0.25, -0.2) is 4.39 Å². The van der Waals surface area contributed by atoms with Crippen LogP contribution >= 0.6 is 23.2 Å². The van der Waals surface area contributed by atoms with E-state index in [2.05, 4.69) is 0 Å². The van der Waals surface area contributed by atoms with Crippen LogP contribution in [0.25, 0.3) is 0 Å². The molecule has 2 aromatic carbocycles. The van der Waals surface area contributed by atoms with E-state index in [0.29, 0.717) is 15.8 Å². The Morgan fingerprint density at radius 1 is 1.15 bits per heavy atom. The van der Waals surface area contributed by atoms with Crippen LogP contribution in [0.3, 0.4) is 0 Å². The Morgan fingerprint density at radius 2 is 1.90 bits per heavy atom.